The highest BCUT2D eigenvalue weighted by molar-refractivity contribution is 6.35. The van der Waals surface area contributed by atoms with Gasteiger partial charge in [0.15, 0.2) is 0 Å². The standard InChI is InChI=1S/C32H45ClN4O5/c1-21(20-25-28(33)30(42-4)24-15-11-10-14-23(24)29(25)41-3)31(39)35-19-13-6-5-12-18-34-27(38)17-9-7-8-16-26-22(2)36-32(40)37-26/h10-11,14-15,20,22,26H,5-9,12-13,16-19H2,1-4H3,(H,34,38)(H,35,39)(H2,36,37,40)/b21-20+/t22-,26+/m0/s1. The highest BCUT2D eigenvalue weighted by atomic mass is 35.5. The normalized spacial score (nSPS) is 16.6. The van der Waals surface area contributed by atoms with E-state index in [1.165, 1.54) is 0 Å². The Bertz CT molecular complexity index is 1270. The van der Waals surface area contributed by atoms with Crippen LogP contribution in [-0.4, -0.2) is 57.2 Å². The van der Waals surface area contributed by atoms with E-state index in [2.05, 4.69) is 21.3 Å². The van der Waals surface area contributed by atoms with Gasteiger partial charge in [-0.15, -0.1) is 0 Å². The lowest BCUT2D eigenvalue weighted by atomic mass is 10.0. The van der Waals surface area contributed by atoms with Crippen molar-refractivity contribution in [1.29, 1.82) is 0 Å². The van der Waals surface area contributed by atoms with E-state index in [0.29, 0.717) is 47.2 Å². The fraction of sp³-hybridized carbons (Fsp3) is 0.531. The lowest BCUT2D eigenvalue weighted by molar-refractivity contribution is -0.121. The predicted molar refractivity (Wildman–Crippen MR) is 168 cm³/mol. The van der Waals surface area contributed by atoms with Crippen LogP contribution in [0.1, 0.15) is 77.2 Å². The molecule has 1 saturated heterocycles. The number of amides is 4. The third kappa shape index (κ3) is 9.28. The summed E-state index contributed by atoms with van der Waals surface area (Å²) < 4.78 is 11.2. The number of halogens is 1. The van der Waals surface area contributed by atoms with Crippen LogP contribution in [0.15, 0.2) is 29.8 Å². The van der Waals surface area contributed by atoms with Gasteiger partial charge in [0.1, 0.15) is 11.5 Å². The van der Waals surface area contributed by atoms with Crippen molar-refractivity contribution in [2.45, 2.75) is 83.7 Å². The largest absolute Gasteiger partial charge is 0.495 e. The minimum atomic E-state index is -0.160. The van der Waals surface area contributed by atoms with Crippen molar-refractivity contribution in [3.63, 3.8) is 0 Å². The number of fused-ring (bicyclic) bond motifs is 1. The molecule has 4 N–H and O–H groups in total. The number of ether oxygens (including phenoxy) is 2. The summed E-state index contributed by atoms with van der Waals surface area (Å²) in [5.74, 6) is 1.07. The van der Waals surface area contributed by atoms with Gasteiger partial charge in [0.25, 0.3) is 0 Å². The molecule has 1 aliphatic heterocycles. The maximum atomic E-state index is 12.7. The van der Waals surface area contributed by atoms with Crippen LogP contribution in [0.5, 0.6) is 11.5 Å². The van der Waals surface area contributed by atoms with Gasteiger partial charge >= 0.3 is 6.03 Å². The highest BCUT2D eigenvalue weighted by Gasteiger charge is 2.26. The van der Waals surface area contributed by atoms with Gasteiger partial charge in [-0.1, -0.05) is 61.5 Å². The lowest BCUT2D eigenvalue weighted by Crippen LogP contribution is -2.30. The summed E-state index contributed by atoms with van der Waals surface area (Å²) >= 11 is 6.67. The van der Waals surface area contributed by atoms with Gasteiger partial charge in [0, 0.05) is 47.5 Å². The molecule has 42 heavy (non-hydrogen) atoms. The summed E-state index contributed by atoms with van der Waals surface area (Å²) in [7, 11) is 3.16. The maximum absolute atomic E-state index is 12.7. The Morgan fingerprint density at radius 1 is 0.905 bits per heavy atom. The molecule has 4 amide bonds. The van der Waals surface area contributed by atoms with Crippen molar-refractivity contribution >= 4 is 46.3 Å². The molecule has 0 bridgehead atoms. The van der Waals surface area contributed by atoms with Gasteiger partial charge < -0.3 is 30.7 Å². The van der Waals surface area contributed by atoms with E-state index in [1.54, 1.807) is 27.2 Å². The zero-order valence-corrected chi connectivity index (χ0v) is 26.0. The highest BCUT2D eigenvalue weighted by Crippen LogP contribution is 2.44. The first kappa shape index (κ1) is 33.0. The Kier molecular flexibility index (Phi) is 13.3. The molecule has 2 aromatic rings. The number of urea groups is 1. The number of rotatable bonds is 17. The average molecular weight is 601 g/mol. The Labute approximate surface area is 254 Å². The van der Waals surface area contributed by atoms with Gasteiger partial charge in [-0.3, -0.25) is 9.59 Å². The van der Waals surface area contributed by atoms with Crippen molar-refractivity contribution in [3.05, 3.63) is 40.4 Å². The van der Waals surface area contributed by atoms with Gasteiger partial charge in [0.05, 0.1) is 25.3 Å². The van der Waals surface area contributed by atoms with Crippen LogP contribution in [-0.2, 0) is 9.59 Å². The Hall–Kier alpha value is -3.46. The van der Waals surface area contributed by atoms with E-state index in [-0.39, 0.29) is 29.9 Å². The minimum Gasteiger partial charge on any atom is -0.495 e. The first-order valence-electron chi connectivity index (χ1n) is 14.9. The maximum Gasteiger partial charge on any atom is 0.315 e. The van der Waals surface area contributed by atoms with E-state index in [0.717, 1.165) is 62.1 Å². The van der Waals surface area contributed by atoms with Crippen LogP contribution in [0.3, 0.4) is 0 Å². The zero-order chi connectivity index (χ0) is 30.5. The predicted octanol–water partition coefficient (Wildman–Crippen LogP) is 5.73. The summed E-state index contributed by atoms with van der Waals surface area (Å²) in [6.07, 6.45) is 9.74. The van der Waals surface area contributed by atoms with Crippen molar-refractivity contribution in [2.75, 3.05) is 27.3 Å². The second-order valence-corrected chi connectivity index (χ2v) is 11.2. The number of hydrogen-bond acceptors (Lipinski definition) is 5. The molecular formula is C32H45ClN4O5. The molecule has 9 nitrogen and oxygen atoms in total. The topological polar surface area (TPSA) is 118 Å². The van der Waals surface area contributed by atoms with Crippen molar-refractivity contribution < 1.29 is 23.9 Å². The van der Waals surface area contributed by atoms with E-state index in [4.69, 9.17) is 21.1 Å². The molecule has 230 valence electrons. The SMILES string of the molecule is COc1c(Cl)c(/C=C(\C)C(=O)NCCCCCCNC(=O)CCCCC[C@H]2NC(=O)N[C@H]2C)c(OC)c2ccccc12. The Morgan fingerprint density at radius 3 is 2.14 bits per heavy atom. The zero-order valence-electron chi connectivity index (χ0n) is 25.2. The van der Waals surface area contributed by atoms with Crippen LogP contribution in [0.2, 0.25) is 5.02 Å². The van der Waals surface area contributed by atoms with Gasteiger partial charge in [-0.2, -0.15) is 0 Å². The fourth-order valence-corrected chi connectivity index (χ4v) is 5.57. The second-order valence-electron chi connectivity index (χ2n) is 10.8. The van der Waals surface area contributed by atoms with Crippen LogP contribution >= 0.6 is 11.6 Å². The molecule has 1 heterocycles. The first-order valence-corrected chi connectivity index (χ1v) is 15.3. The Morgan fingerprint density at radius 2 is 1.52 bits per heavy atom. The summed E-state index contributed by atoms with van der Waals surface area (Å²) in [6, 6.07) is 7.94. The molecule has 0 aliphatic carbocycles. The average Bonchev–Trinajstić information content (AvgIpc) is 3.30. The minimum absolute atomic E-state index is 0.0921. The summed E-state index contributed by atoms with van der Waals surface area (Å²) in [5.41, 5.74) is 1.13. The number of nitrogens with one attached hydrogen (secondary N) is 4. The molecule has 0 unspecified atom stereocenters. The van der Waals surface area contributed by atoms with Gasteiger partial charge in [-0.25, -0.2) is 4.79 Å². The van der Waals surface area contributed by atoms with Gasteiger partial charge in [0.2, 0.25) is 11.8 Å². The smallest absolute Gasteiger partial charge is 0.315 e. The van der Waals surface area contributed by atoms with E-state index in [9.17, 15) is 14.4 Å². The van der Waals surface area contributed by atoms with E-state index >= 15 is 0 Å². The molecule has 2 aromatic carbocycles. The number of carbonyl (C=O) groups excluding carboxylic acids is 3. The van der Waals surface area contributed by atoms with Crippen molar-refractivity contribution in [2.24, 2.45) is 0 Å². The molecule has 2 atom stereocenters. The summed E-state index contributed by atoms with van der Waals surface area (Å²) in [4.78, 5) is 36.1. The number of hydrogen-bond donors (Lipinski definition) is 4. The lowest BCUT2D eigenvalue weighted by Gasteiger charge is -2.16. The first-order chi connectivity index (χ1) is 20.3. The van der Waals surface area contributed by atoms with E-state index < -0.39 is 0 Å². The van der Waals surface area contributed by atoms with Crippen LogP contribution in [0.4, 0.5) is 4.79 Å². The molecule has 3 rings (SSSR count). The van der Waals surface area contributed by atoms with Crippen molar-refractivity contribution in [1.82, 2.24) is 21.3 Å². The van der Waals surface area contributed by atoms with E-state index in [1.807, 2.05) is 31.2 Å². The number of methoxy groups -OCH3 is 2. The number of unbranched alkanes of at least 4 members (excludes halogenated alkanes) is 5. The fourth-order valence-electron chi connectivity index (χ4n) is 5.25. The van der Waals surface area contributed by atoms with Gasteiger partial charge in [-0.05, 0) is 45.6 Å². The molecule has 0 radical (unpaired) electrons. The second kappa shape index (κ2) is 16.9. The molecule has 1 fully saturated rings. The quantitative estimate of drug-likeness (QED) is 0.137. The molecule has 10 heteroatoms. The molecule has 1 aliphatic rings. The summed E-state index contributed by atoms with van der Waals surface area (Å²) in [5, 5.41) is 13.8. The monoisotopic (exact) mass is 600 g/mol. The summed E-state index contributed by atoms with van der Waals surface area (Å²) in [6.45, 7) is 5.00. The number of benzene rings is 2. The van der Waals surface area contributed by atoms with Crippen LogP contribution in [0, 0.1) is 0 Å². The van der Waals surface area contributed by atoms with Crippen LogP contribution < -0.4 is 30.7 Å². The third-order valence-corrected chi connectivity index (χ3v) is 8.01. The van der Waals surface area contributed by atoms with Crippen LogP contribution in [0.25, 0.3) is 16.8 Å². The molecule has 0 spiro atoms. The molecule has 0 saturated carbocycles. The van der Waals surface area contributed by atoms with Crippen molar-refractivity contribution in [3.8, 4) is 11.5 Å². The molecule has 0 aromatic heterocycles. The third-order valence-electron chi connectivity index (χ3n) is 7.63. The number of carbonyl (C=O) groups is 3. The Balaban J connectivity index is 1.30. The molecular weight excluding hydrogens is 556 g/mol.